The van der Waals surface area contributed by atoms with Crippen LogP contribution in [0.25, 0.3) is 0 Å². The first-order chi connectivity index (χ1) is 11.6. The summed E-state index contributed by atoms with van der Waals surface area (Å²) in [6.07, 6.45) is 0. The Bertz CT molecular complexity index is 704. The van der Waals surface area contributed by atoms with Crippen molar-refractivity contribution in [2.45, 2.75) is 18.8 Å². The molecule has 0 bridgehead atoms. The fourth-order valence-electron chi connectivity index (χ4n) is 3.56. The number of likely N-dealkylation sites (tertiary alicyclic amines) is 1. The highest BCUT2D eigenvalue weighted by molar-refractivity contribution is 5.83. The number of amides is 1. The van der Waals surface area contributed by atoms with Crippen LogP contribution in [-0.2, 0) is 4.79 Å². The van der Waals surface area contributed by atoms with Crippen LogP contribution in [0.5, 0.6) is 0 Å². The minimum absolute atomic E-state index is 0.0393. The highest BCUT2D eigenvalue weighted by Gasteiger charge is 2.36. The molecule has 0 aliphatic carbocycles. The molecule has 1 saturated heterocycles. The molecule has 1 unspecified atom stereocenters. The minimum Gasteiger partial charge on any atom is -0.341 e. The molecule has 126 valence electrons. The second kappa shape index (κ2) is 7.14. The maximum atomic E-state index is 13.4. The Morgan fingerprint density at radius 2 is 1.96 bits per heavy atom. The summed E-state index contributed by atoms with van der Waals surface area (Å²) in [4.78, 5) is 14.7. The predicted octanol–water partition coefficient (Wildman–Crippen LogP) is 3.13. The van der Waals surface area contributed by atoms with Crippen molar-refractivity contribution >= 4 is 5.91 Å². The zero-order chi connectivity index (χ0) is 17.1. The Balaban J connectivity index is 1.76. The zero-order valence-corrected chi connectivity index (χ0v) is 13.9. The number of hydrogen-bond acceptors (Lipinski definition) is 2. The van der Waals surface area contributed by atoms with Crippen LogP contribution in [0.2, 0.25) is 0 Å². The summed E-state index contributed by atoms with van der Waals surface area (Å²) in [6, 6.07) is 16.5. The Morgan fingerprint density at radius 3 is 2.62 bits per heavy atom. The van der Waals surface area contributed by atoms with Gasteiger partial charge in [0.2, 0.25) is 5.91 Å². The number of halogens is 1. The number of nitrogens with zero attached hydrogens (tertiary/aromatic N) is 1. The number of rotatable bonds is 4. The van der Waals surface area contributed by atoms with Gasteiger partial charge in [-0.1, -0.05) is 42.5 Å². The molecule has 1 amide bonds. The lowest BCUT2D eigenvalue weighted by Crippen LogP contribution is -2.33. The lowest BCUT2D eigenvalue weighted by Gasteiger charge is -2.21. The van der Waals surface area contributed by atoms with Gasteiger partial charge in [0, 0.05) is 19.0 Å². The molecule has 0 radical (unpaired) electrons. The highest BCUT2D eigenvalue weighted by Crippen LogP contribution is 2.33. The maximum absolute atomic E-state index is 13.4. The standard InChI is InChI=1S/C20H23FN2O/c1-14(16-8-5-9-18(21)10-16)20(24)23-12-17(11-22)19(13-23)15-6-3-2-4-7-15/h2-10,14,17,19H,11-13,22H2,1H3/t14?,17-,19+/m1/s1. The number of benzene rings is 2. The van der Waals surface area contributed by atoms with Gasteiger partial charge in [-0.3, -0.25) is 4.79 Å². The summed E-state index contributed by atoms with van der Waals surface area (Å²) >= 11 is 0. The number of carbonyl (C=O) groups excluding carboxylic acids is 1. The van der Waals surface area contributed by atoms with Crippen molar-refractivity contribution in [3.05, 3.63) is 71.5 Å². The molecule has 24 heavy (non-hydrogen) atoms. The van der Waals surface area contributed by atoms with Gasteiger partial charge in [-0.05, 0) is 42.6 Å². The van der Waals surface area contributed by atoms with E-state index >= 15 is 0 Å². The van der Waals surface area contributed by atoms with Crippen molar-refractivity contribution in [3.8, 4) is 0 Å². The van der Waals surface area contributed by atoms with Gasteiger partial charge in [0.15, 0.2) is 0 Å². The Morgan fingerprint density at radius 1 is 1.21 bits per heavy atom. The second-order valence-corrected chi connectivity index (χ2v) is 6.53. The third-order valence-corrected chi connectivity index (χ3v) is 5.00. The van der Waals surface area contributed by atoms with E-state index in [1.165, 1.54) is 17.7 Å². The molecule has 3 rings (SSSR count). The van der Waals surface area contributed by atoms with E-state index in [0.717, 1.165) is 0 Å². The quantitative estimate of drug-likeness (QED) is 0.938. The van der Waals surface area contributed by atoms with E-state index < -0.39 is 0 Å². The van der Waals surface area contributed by atoms with Crippen LogP contribution in [0, 0.1) is 11.7 Å². The van der Waals surface area contributed by atoms with Crippen LogP contribution in [0.4, 0.5) is 4.39 Å². The molecular formula is C20H23FN2O. The molecule has 2 aromatic rings. The van der Waals surface area contributed by atoms with Gasteiger partial charge < -0.3 is 10.6 Å². The molecule has 1 aliphatic rings. The predicted molar refractivity (Wildman–Crippen MR) is 93.1 cm³/mol. The molecule has 2 N–H and O–H groups in total. The third kappa shape index (κ3) is 3.34. The summed E-state index contributed by atoms with van der Waals surface area (Å²) in [5.41, 5.74) is 7.88. The van der Waals surface area contributed by atoms with Gasteiger partial charge in [0.1, 0.15) is 5.82 Å². The fraction of sp³-hybridized carbons (Fsp3) is 0.350. The van der Waals surface area contributed by atoms with Crippen LogP contribution in [0.15, 0.2) is 54.6 Å². The van der Waals surface area contributed by atoms with Crippen molar-refractivity contribution in [2.24, 2.45) is 11.7 Å². The fourth-order valence-corrected chi connectivity index (χ4v) is 3.56. The van der Waals surface area contributed by atoms with Crippen molar-refractivity contribution in [1.82, 2.24) is 4.90 Å². The number of carbonyl (C=O) groups is 1. The molecule has 0 spiro atoms. The number of nitrogens with two attached hydrogens (primary N) is 1. The molecule has 0 saturated carbocycles. The van der Waals surface area contributed by atoms with Crippen molar-refractivity contribution < 1.29 is 9.18 Å². The monoisotopic (exact) mass is 326 g/mol. The second-order valence-electron chi connectivity index (χ2n) is 6.53. The molecule has 2 aromatic carbocycles. The first-order valence-corrected chi connectivity index (χ1v) is 8.39. The largest absolute Gasteiger partial charge is 0.341 e. The summed E-state index contributed by atoms with van der Waals surface area (Å²) in [5.74, 6) is -0.0994. The van der Waals surface area contributed by atoms with Gasteiger partial charge in [0.25, 0.3) is 0 Å². The number of hydrogen-bond donors (Lipinski definition) is 1. The Hall–Kier alpha value is -2.20. The molecule has 1 fully saturated rings. The molecular weight excluding hydrogens is 303 g/mol. The summed E-state index contributed by atoms with van der Waals surface area (Å²) < 4.78 is 13.4. The highest BCUT2D eigenvalue weighted by atomic mass is 19.1. The average Bonchev–Trinajstić information content (AvgIpc) is 3.05. The molecule has 1 heterocycles. The van der Waals surface area contributed by atoms with Crippen molar-refractivity contribution in [3.63, 3.8) is 0 Å². The maximum Gasteiger partial charge on any atom is 0.229 e. The summed E-state index contributed by atoms with van der Waals surface area (Å²) in [7, 11) is 0. The molecule has 3 nitrogen and oxygen atoms in total. The van der Waals surface area contributed by atoms with E-state index in [1.807, 2.05) is 30.0 Å². The van der Waals surface area contributed by atoms with E-state index in [2.05, 4.69) is 12.1 Å². The van der Waals surface area contributed by atoms with Gasteiger partial charge in [-0.25, -0.2) is 4.39 Å². The SMILES string of the molecule is CC(C(=O)N1C[C@@H](CN)[C@H](c2ccccc2)C1)c1cccc(F)c1. The van der Waals surface area contributed by atoms with Gasteiger partial charge in [0.05, 0.1) is 5.92 Å². The van der Waals surface area contributed by atoms with E-state index in [-0.39, 0.29) is 29.5 Å². The summed E-state index contributed by atoms with van der Waals surface area (Å²) in [6.45, 7) is 3.72. The molecule has 3 atom stereocenters. The summed E-state index contributed by atoms with van der Waals surface area (Å²) in [5, 5.41) is 0. The lowest BCUT2D eigenvalue weighted by atomic mass is 9.89. The van der Waals surface area contributed by atoms with Crippen molar-refractivity contribution in [1.29, 1.82) is 0 Å². The van der Waals surface area contributed by atoms with Crippen molar-refractivity contribution in [2.75, 3.05) is 19.6 Å². The molecule has 1 aliphatic heterocycles. The van der Waals surface area contributed by atoms with E-state index in [1.54, 1.807) is 12.1 Å². The van der Waals surface area contributed by atoms with E-state index in [0.29, 0.717) is 25.2 Å². The van der Waals surface area contributed by atoms with E-state index in [4.69, 9.17) is 5.73 Å². The van der Waals surface area contributed by atoms with Gasteiger partial charge in [-0.2, -0.15) is 0 Å². The minimum atomic E-state index is -0.353. The van der Waals surface area contributed by atoms with Gasteiger partial charge in [-0.15, -0.1) is 0 Å². The van der Waals surface area contributed by atoms with E-state index in [9.17, 15) is 9.18 Å². The molecule has 0 aromatic heterocycles. The van der Waals surface area contributed by atoms with Gasteiger partial charge >= 0.3 is 0 Å². The smallest absolute Gasteiger partial charge is 0.229 e. The zero-order valence-electron chi connectivity index (χ0n) is 13.9. The lowest BCUT2D eigenvalue weighted by molar-refractivity contribution is -0.131. The van der Waals surface area contributed by atoms with Crippen LogP contribution in [0.1, 0.15) is 29.9 Å². The average molecular weight is 326 g/mol. The molecule has 4 heteroatoms. The van der Waals surface area contributed by atoms with Crippen LogP contribution in [-0.4, -0.2) is 30.4 Å². The normalized spacial score (nSPS) is 21.7. The van der Waals surface area contributed by atoms with Crippen LogP contribution >= 0.6 is 0 Å². The topological polar surface area (TPSA) is 46.3 Å². The first kappa shape index (κ1) is 16.7. The Labute approximate surface area is 142 Å². The van der Waals surface area contributed by atoms with Crippen LogP contribution in [0.3, 0.4) is 0 Å². The third-order valence-electron chi connectivity index (χ3n) is 5.00. The van der Waals surface area contributed by atoms with Crippen LogP contribution < -0.4 is 5.73 Å². The first-order valence-electron chi connectivity index (χ1n) is 8.39. The Kier molecular flexibility index (Phi) is 4.95.